The van der Waals surface area contributed by atoms with E-state index < -0.39 is 0 Å². The van der Waals surface area contributed by atoms with E-state index >= 15 is 0 Å². The fraction of sp³-hybridized carbons (Fsp3) is 0.273. The van der Waals surface area contributed by atoms with E-state index in [9.17, 15) is 0 Å². The molecule has 0 amide bonds. The Morgan fingerprint density at radius 1 is 1.38 bits per heavy atom. The highest BCUT2D eigenvalue weighted by molar-refractivity contribution is 9.10. The van der Waals surface area contributed by atoms with Crippen molar-refractivity contribution in [1.82, 2.24) is 9.97 Å². The summed E-state index contributed by atoms with van der Waals surface area (Å²) in [4.78, 5) is 8.46. The molecule has 5 heteroatoms. The molecule has 0 aliphatic heterocycles. The van der Waals surface area contributed by atoms with Gasteiger partial charge in [0.15, 0.2) is 0 Å². The van der Waals surface area contributed by atoms with Crippen LogP contribution in [0.2, 0.25) is 0 Å². The van der Waals surface area contributed by atoms with E-state index in [4.69, 9.17) is 4.74 Å². The molecule has 0 fully saturated rings. The van der Waals surface area contributed by atoms with Gasteiger partial charge in [-0.1, -0.05) is 6.07 Å². The standard InChI is InChI=1S/C11H12BrN3O/c1-16-6-5-13-11-8-3-2-4-9(12)10(8)14-7-15-11/h2-4,7H,5-6H2,1H3,(H,13,14,15). The van der Waals surface area contributed by atoms with Crippen LogP contribution in [0.1, 0.15) is 0 Å². The molecule has 0 saturated carbocycles. The summed E-state index contributed by atoms with van der Waals surface area (Å²) in [7, 11) is 1.68. The van der Waals surface area contributed by atoms with Crippen LogP contribution in [-0.2, 0) is 4.74 Å². The van der Waals surface area contributed by atoms with E-state index in [0.29, 0.717) is 6.61 Å². The Labute approximate surface area is 102 Å². The topological polar surface area (TPSA) is 47.0 Å². The first kappa shape index (κ1) is 11.3. The number of ether oxygens (including phenoxy) is 1. The first-order valence-electron chi connectivity index (χ1n) is 4.95. The summed E-state index contributed by atoms with van der Waals surface area (Å²) in [5, 5.41) is 4.23. The molecule has 16 heavy (non-hydrogen) atoms. The minimum atomic E-state index is 0.652. The summed E-state index contributed by atoms with van der Waals surface area (Å²) in [6.45, 7) is 1.38. The Kier molecular flexibility index (Phi) is 3.69. The predicted octanol–water partition coefficient (Wildman–Crippen LogP) is 2.45. The zero-order valence-electron chi connectivity index (χ0n) is 8.90. The number of para-hydroxylation sites is 1. The summed E-state index contributed by atoms with van der Waals surface area (Å²) < 4.78 is 5.96. The normalized spacial score (nSPS) is 10.6. The molecule has 0 unspecified atom stereocenters. The van der Waals surface area contributed by atoms with Gasteiger partial charge in [-0.3, -0.25) is 0 Å². The van der Waals surface area contributed by atoms with Gasteiger partial charge in [-0.05, 0) is 28.1 Å². The molecule has 84 valence electrons. The van der Waals surface area contributed by atoms with E-state index in [1.54, 1.807) is 13.4 Å². The maximum absolute atomic E-state index is 4.98. The molecule has 2 aromatic rings. The van der Waals surface area contributed by atoms with Gasteiger partial charge in [0.1, 0.15) is 12.1 Å². The Morgan fingerprint density at radius 2 is 2.25 bits per heavy atom. The lowest BCUT2D eigenvalue weighted by atomic mass is 10.2. The van der Waals surface area contributed by atoms with Gasteiger partial charge in [-0.15, -0.1) is 0 Å². The van der Waals surface area contributed by atoms with Gasteiger partial charge in [0.25, 0.3) is 0 Å². The Balaban J connectivity index is 2.34. The van der Waals surface area contributed by atoms with Gasteiger partial charge in [0.2, 0.25) is 0 Å². The third-order valence-electron chi connectivity index (χ3n) is 2.21. The highest BCUT2D eigenvalue weighted by Crippen LogP contribution is 2.25. The average Bonchev–Trinajstić information content (AvgIpc) is 2.31. The second-order valence-electron chi connectivity index (χ2n) is 3.28. The largest absolute Gasteiger partial charge is 0.383 e. The molecule has 0 saturated heterocycles. The van der Waals surface area contributed by atoms with Crippen LogP contribution in [0.15, 0.2) is 29.0 Å². The van der Waals surface area contributed by atoms with Crippen LogP contribution in [0.3, 0.4) is 0 Å². The minimum absolute atomic E-state index is 0.652. The molecule has 1 heterocycles. The quantitative estimate of drug-likeness (QED) is 0.875. The number of hydrogen-bond acceptors (Lipinski definition) is 4. The molecule has 0 radical (unpaired) electrons. The van der Waals surface area contributed by atoms with Gasteiger partial charge < -0.3 is 10.1 Å². The Morgan fingerprint density at radius 3 is 3.06 bits per heavy atom. The van der Waals surface area contributed by atoms with Crippen molar-refractivity contribution in [3.05, 3.63) is 29.0 Å². The van der Waals surface area contributed by atoms with E-state index in [0.717, 1.165) is 27.7 Å². The number of fused-ring (bicyclic) bond motifs is 1. The van der Waals surface area contributed by atoms with Crippen LogP contribution < -0.4 is 5.32 Å². The molecule has 0 atom stereocenters. The van der Waals surface area contributed by atoms with E-state index in [1.807, 2.05) is 18.2 Å². The molecule has 1 N–H and O–H groups in total. The van der Waals surface area contributed by atoms with Crippen molar-refractivity contribution >= 4 is 32.7 Å². The number of benzene rings is 1. The van der Waals surface area contributed by atoms with E-state index in [2.05, 4.69) is 31.2 Å². The first-order valence-corrected chi connectivity index (χ1v) is 5.74. The lowest BCUT2D eigenvalue weighted by Crippen LogP contribution is -2.09. The number of nitrogens with zero attached hydrogens (tertiary/aromatic N) is 2. The highest BCUT2D eigenvalue weighted by Gasteiger charge is 2.04. The van der Waals surface area contributed by atoms with Crippen LogP contribution in [0.25, 0.3) is 10.9 Å². The zero-order valence-corrected chi connectivity index (χ0v) is 10.5. The summed E-state index contributed by atoms with van der Waals surface area (Å²) >= 11 is 3.47. The Bertz CT molecular complexity index is 490. The molecular formula is C11H12BrN3O. The van der Waals surface area contributed by atoms with Gasteiger partial charge >= 0.3 is 0 Å². The fourth-order valence-corrected chi connectivity index (χ4v) is 1.93. The number of aromatic nitrogens is 2. The summed E-state index contributed by atoms with van der Waals surface area (Å²) in [6.07, 6.45) is 1.56. The number of nitrogens with one attached hydrogen (secondary N) is 1. The van der Waals surface area contributed by atoms with Gasteiger partial charge in [0.05, 0.1) is 12.1 Å². The summed E-state index contributed by atoms with van der Waals surface area (Å²) in [6, 6.07) is 5.93. The zero-order chi connectivity index (χ0) is 11.4. The fourth-order valence-electron chi connectivity index (χ4n) is 1.46. The van der Waals surface area contributed by atoms with Crippen LogP contribution in [0.4, 0.5) is 5.82 Å². The maximum atomic E-state index is 4.98. The SMILES string of the molecule is COCCNc1ncnc2c(Br)cccc12. The van der Waals surface area contributed by atoms with Gasteiger partial charge in [0, 0.05) is 23.5 Å². The van der Waals surface area contributed by atoms with Crippen molar-refractivity contribution in [1.29, 1.82) is 0 Å². The molecule has 4 nitrogen and oxygen atoms in total. The number of halogens is 1. The van der Waals surface area contributed by atoms with Crippen molar-refractivity contribution in [2.75, 3.05) is 25.6 Å². The average molecular weight is 282 g/mol. The second-order valence-corrected chi connectivity index (χ2v) is 4.13. The number of methoxy groups -OCH3 is 1. The lowest BCUT2D eigenvalue weighted by Gasteiger charge is -2.08. The summed E-state index contributed by atoms with van der Waals surface area (Å²) in [5.41, 5.74) is 0.914. The molecule has 0 aliphatic rings. The maximum Gasteiger partial charge on any atom is 0.137 e. The van der Waals surface area contributed by atoms with Crippen molar-refractivity contribution in [3.63, 3.8) is 0 Å². The van der Waals surface area contributed by atoms with E-state index in [1.165, 1.54) is 0 Å². The molecule has 0 bridgehead atoms. The third kappa shape index (κ3) is 2.31. The number of anilines is 1. The van der Waals surface area contributed by atoms with Gasteiger partial charge in [-0.25, -0.2) is 9.97 Å². The summed E-state index contributed by atoms with van der Waals surface area (Å²) in [5.74, 6) is 0.836. The van der Waals surface area contributed by atoms with Crippen molar-refractivity contribution in [2.24, 2.45) is 0 Å². The van der Waals surface area contributed by atoms with Gasteiger partial charge in [-0.2, -0.15) is 0 Å². The van der Waals surface area contributed by atoms with Crippen molar-refractivity contribution in [3.8, 4) is 0 Å². The van der Waals surface area contributed by atoms with Crippen LogP contribution in [0.5, 0.6) is 0 Å². The highest BCUT2D eigenvalue weighted by atomic mass is 79.9. The second kappa shape index (κ2) is 5.23. The first-order chi connectivity index (χ1) is 7.83. The number of rotatable bonds is 4. The molecule has 0 spiro atoms. The predicted molar refractivity (Wildman–Crippen MR) is 67.6 cm³/mol. The smallest absolute Gasteiger partial charge is 0.137 e. The molecule has 1 aromatic carbocycles. The van der Waals surface area contributed by atoms with Crippen molar-refractivity contribution < 1.29 is 4.74 Å². The van der Waals surface area contributed by atoms with Crippen molar-refractivity contribution in [2.45, 2.75) is 0 Å². The molecule has 1 aromatic heterocycles. The van der Waals surface area contributed by atoms with E-state index in [-0.39, 0.29) is 0 Å². The van der Waals surface area contributed by atoms with Crippen LogP contribution >= 0.6 is 15.9 Å². The van der Waals surface area contributed by atoms with Crippen LogP contribution in [0, 0.1) is 0 Å². The molecule has 2 rings (SSSR count). The third-order valence-corrected chi connectivity index (χ3v) is 2.85. The Hall–Kier alpha value is -1.20. The van der Waals surface area contributed by atoms with Crippen LogP contribution in [-0.4, -0.2) is 30.2 Å². The molecule has 0 aliphatic carbocycles. The lowest BCUT2D eigenvalue weighted by molar-refractivity contribution is 0.210. The number of hydrogen-bond donors (Lipinski definition) is 1. The monoisotopic (exact) mass is 281 g/mol. The molecular weight excluding hydrogens is 270 g/mol. The minimum Gasteiger partial charge on any atom is -0.383 e.